The monoisotopic (exact) mass is 250 g/mol. The third-order valence-electron chi connectivity index (χ3n) is 2.42. The van der Waals surface area contributed by atoms with Gasteiger partial charge in [-0.2, -0.15) is 5.26 Å². The van der Waals surface area contributed by atoms with Crippen LogP contribution in [0.3, 0.4) is 0 Å². The number of nitriles is 1. The van der Waals surface area contributed by atoms with Crippen LogP contribution in [0.5, 0.6) is 0 Å². The smallest absolute Gasteiger partial charge is 0.322 e. The predicted octanol–water partition coefficient (Wildman–Crippen LogP) is 1.74. The number of carbonyl (C=O) groups excluding carboxylic acids is 1. The number of halogens is 1. The van der Waals surface area contributed by atoms with E-state index < -0.39 is 11.9 Å². The largest absolute Gasteiger partial charge is 0.465 e. The number of ether oxygens (including phenoxy) is 1. The standard InChI is InChI=1S/C13H15FN2O2/c1-3-18-13(17)9(2)16-8-11-5-4-10(7-15)6-12(11)14/h4-6,9,16H,3,8H2,1-2H3. The summed E-state index contributed by atoms with van der Waals surface area (Å²) in [6.07, 6.45) is 0. The first kappa shape index (κ1) is 14.1. The van der Waals surface area contributed by atoms with E-state index in [4.69, 9.17) is 10.00 Å². The molecular formula is C13H15FN2O2. The summed E-state index contributed by atoms with van der Waals surface area (Å²) in [6, 6.07) is 5.60. The maximum absolute atomic E-state index is 13.5. The lowest BCUT2D eigenvalue weighted by molar-refractivity contribution is -0.145. The molecule has 0 aliphatic rings. The van der Waals surface area contributed by atoms with Gasteiger partial charge in [0.25, 0.3) is 0 Å². The van der Waals surface area contributed by atoms with Crippen molar-refractivity contribution >= 4 is 5.97 Å². The zero-order valence-electron chi connectivity index (χ0n) is 10.4. The molecule has 0 spiro atoms. The fourth-order valence-electron chi connectivity index (χ4n) is 1.37. The van der Waals surface area contributed by atoms with Crippen LogP contribution in [-0.2, 0) is 16.1 Å². The molecule has 0 amide bonds. The Kier molecular flexibility index (Phi) is 5.28. The van der Waals surface area contributed by atoms with Gasteiger partial charge in [0.1, 0.15) is 11.9 Å². The summed E-state index contributed by atoms with van der Waals surface area (Å²) in [7, 11) is 0. The van der Waals surface area contributed by atoms with Crippen LogP contribution < -0.4 is 5.32 Å². The molecule has 0 radical (unpaired) electrons. The maximum Gasteiger partial charge on any atom is 0.322 e. The Balaban J connectivity index is 2.59. The highest BCUT2D eigenvalue weighted by molar-refractivity contribution is 5.75. The lowest BCUT2D eigenvalue weighted by Gasteiger charge is -2.12. The van der Waals surface area contributed by atoms with E-state index in [2.05, 4.69) is 5.32 Å². The number of benzene rings is 1. The molecular weight excluding hydrogens is 235 g/mol. The van der Waals surface area contributed by atoms with Crippen molar-refractivity contribution in [2.24, 2.45) is 0 Å². The molecule has 0 aromatic heterocycles. The minimum Gasteiger partial charge on any atom is -0.465 e. The van der Waals surface area contributed by atoms with Crippen molar-refractivity contribution in [3.63, 3.8) is 0 Å². The molecule has 0 bridgehead atoms. The van der Waals surface area contributed by atoms with Crippen LogP contribution in [0.2, 0.25) is 0 Å². The molecule has 1 aromatic carbocycles. The number of nitrogens with zero attached hydrogens (tertiary/aromatic N) is 1. The van der Waals surface area contributed by atoms with E-state index in [1.807, 2.05) is 6.07 Å². The first-order chi connectivity index (χ1) is 8.58. The average molecular weight is 250 g/mol. The summed E-state index contributed by atoms with van der Waals surface area (Å²) in [5.74, 6) is -0.829. The van der Waals surface area contributed by atoms with Crippen molar-refractivity contribution in [2.75, 3.05) is 6.61 Å². The molecule has 0 aliphatic carbocycles. The van der Waals surface area contributed by atoms with E-state index in [9.17, 15) is 9.18 Å². The summed E-state index contributed by atoms with van der Waals surface area (Å²) in [5, 5.41) is 11.5. The quantitative estimate of drug-likeness (QED) is 0.808. The van der Waals surface area contributed by atoms with Crippen molar-refractivity contribution in [1.29, 1.82) is 5.26 Å². The number of nitrogens with one attached hydrogen (secondary N) is 1. The molecule has 18 heavy (non-hydrogen) atoms. The molecule has 0 aliphatic heterocycles. The second kappa shape index (κ2) is 6.72. The van der Waals surface area contributed by atoms with Crippen LogP contribution in [0.25, 0.3) is 0 Å². The zero-order valence-corrected chi connectivity index (χ0v) is 10.4. The molecule has 5 heteroatoms. The second-order valence-electron chi connectivity index (χ2n) is 3.77. The highest BCUT2D eigenvalue weighted by Crippen LogP contribution is 2.10. The third kappa shape index (κ3) is 3.82. The highest BCUT2D eigenvalue weighted by atomic mass is 19.1. The van der Waals surface area contributed by atoms with Gasteiger partial charge in [0, 0.05) is 12.1 Å². The Labute approximate surface area is 105 Å². The molecule has 1 aromatic rings. The molecule has 4 nitrogen and oxygen atoms in total. The Morgan fingerprint density at radius 3 is 2.89 bits per heavy atom. The van der Waals surface area contributed by atoms with Crippen molar-refractivity contribution in [3.05, 3.63) is 35.1 Å². The Hall–Kier alpha value is -1.93. The van der Waals surface area contributed by atoms with Crippen LogP contribution in [0.1, 0.15) is 25.0 Å². The van der Waals surface area contributed by atoms with Crippen LogP contribution in [0.15, 0.2) is 18.2 Å². The van der Waals surface area contributed by atoms with Crippen LogP contribution >= 0.6 is 0 Å². The van der Waals surface area contributed by atoms with Gasteiger partial charge in [-0.15, -0.1) is 0 Å². The minimum absolute atomic E-state index is 0.206. The number of hydrogen-bond donors (Lipinski definition) is 1. The number of carbonyl (C=O) groups is 1. The summed E-state index contributed by atoms with van der Waals surface area (Å²) in [4.78, 5) is 11.3. The lowest BCUT2D eigenvalue weighted by Crippen LogP contribution is -2.35. The molecule has 1 N–H and O–H groups in total. The van der Waals surface area contributed by atoms with Gasteiger partial charge in [-0.25, -0.2) is 4.39 Å². The highest BCUT2D eigenvalue weighted by Gasteiger charge is 2.13. The maximum atomic E-state index is 13.5. The van der Waals surface area contributed by atoms with Gasteiger partial charge in [0.05, 0.1) is 18.2 Å². The lowest BCUT2D eigenvalue weighted by atomic mass is 10.1. The minimum atomic E-state index is -0.500. The van der Waals surface area contributed by atoms with Crippen LogP contribution in [-0.4, -0.2) is 18.6 Å². The van der Waals surface area contributed by atoms with Gasteiger partial charge < -0.3 is 10.1 Å². The molecule has 1 rings (SSSR count). The van der Waals surface area contributed by atoms with Crippen molar-refractivity contribution in [1.82, 2.24) is 5.32 Å². The van der Waals surface area contributed by atoms with E-state index >= 15 is 0 Å². The van der Waals surface area contributed by atoms with Crippen LogP contribution in [0, 0.1) is 17.1 Å². The van der Waals surface area contributed by atoms with E-state index in [1.165, 1.54) is 18.2 Å². The Morgan fingerprint density at radius 1 is 1.61 bits per heavy atom. The van der Waals surface area contributed by atoms with Gasteiger partial charge in [-0.3, -0.25) is 4.79 Å². The zero-order chi connectivity index (χ0) is 13.5. The summed E-state index contributed by atoms with van der Waals surface area (Å²) in [5.41, 5.74) is 0.680. The normalized spacial score (nSPS) is 11.7. The van der Waals surface area contributed by atoms with Gasteiger partial charge >= 0.3 is 5.97 Å². The van der Waals surface area contributed by atoms with E-state index in [1.54, 1.807) is 13.8 Å². The van der Waals surface area contributed by atoms with E-state index in [0.717, 1.165) is 0 Å². The van der Waals surface area contributed by atoms with Crippen LogP contribution in [0.4, 0.5) is 4.39 Å². The SMILES string of the molecule is CCOC(=O)C(C)NCc1ccc(C#N)cc1F. The first-order valence-corrected chi connectivity index (χ1v) is 5.67. The van der Waals surface area contributed by atoms with Gasteiger partial charge in [-0.1, -0.05) is 6.07 Å². The van der Waals surface area contributed by atoms with E-state index in [-0.39, 0.29) is 18.1 Å². The topological polar surface area (TPSA) is 62.1 Å². The third-order valence-corrected chi connectivity index (χ3v) is 2.42. The number of hydrogen-bond acceptors (Lipinski definition) is 4. The van der Waals surface area contributed by atoms with E-state index in [0.29, 0.717) is 12.2 Å². The summed E-state index contributed by atoms with van der Waals surface area (Å²) in [6.45, 7) is 3.90. The molecule has 1 unspecified atom stereocenters. The number of esters is 1. The first-order valence-electron chi connectivity index (χ1n) is 5.67. The van der Waals surface area contributed by atoms with Crippen molar-refractivity contribution in [2.45, 2.75) is 26.4 Å². The Bertz CT molecular complexity index is 469. The molecule has 1 atom stereocenters. The number of rotatable bonds is 5. The molecule has 0 heterocycles. The van der Waals surface area contributed by atoms with Gasteiger partial charge in [0.15, 0.2) is 0 Å². The molecule has 0 saturated carbocycles. The van der Waals surface area contributed by atoms with Crippen molar-refractivity contribution < 1.29 is 13.9 Å². The average Bonchev–Trinajstić information content (AvgIpc) is 2.37. The second-order valence-corrected chi connectivity index (χ2v) is 3.77. The van der Waals surface area contributed by atoms with Gasteiger partial charge in [-0.05, 0) is 26.0 Å². The van der Waals surface area contributed by atoms with Gasteiger partial charge in [0.2, 0.25) is 0 Å². The molecule has 0 saturated heterocycles. The summed E-state index contributed by atoms with van der Waals surface area (Å²) >= 11 is 0. The molecule has 96 valence electrons. The fraction of sp³-hybridized carbons (Fsp3) is 0.385. The fourth-order valence-corrected chi connectivity index (χ4v) is 1.37. The summed E-state index contributed by atoms with van der Waals surface area (Å²) < 4.78 is 18.4. The van der Waals surface area contributed by atoms with Crippen molar-refractivity contribution in [3.8, 4) is 6.07 Å². The Morgan fingerprint density at radius 2 is 2.33 bits per heavy atom. The molecule has 0 fully saturated rings. The predicted molar refractivity (Wildman–Crippen MR) is 64.0 cm³/mol.